The second-order valence-corrected chi connectivity index (χ2v) is 5.06. The highest BCUT2D eigenvalue weighted by Gasteiger charge is 2.05. The van der Waals surface area contributed by atoms with Crippen molar-refractivity contribution in [1.82, 2.24) is 19.8 Å². The molecule has 0 aromatic carbocycles. The Morgan fingerprint density at radius 3 is 2.94 bits per heavy atom. The Morgan fingerprint density at radius 2 is 2.35 bits per heavy atom. The van der Waals surface area contributed by atoms with Gasteiger partial charge in [-0.05, 0) is 27.1 Å². The predicted octanol–water partition coefficient (Wildman–Crippen LogP) is 0.580. The maximum atomic E-state index is 11.5. The number of imidazole rings is 1. The van der Waals surface area contributed by atoms with Crippen molar-refractivity contribution in [3.8, 4) is 0 Å². The SMILES string of the molecule is CN(C)CCCNC(=O)CSc1nccn1C. The Balaban J connectivity index is 2.11. The van der Waals surface area contributed by atoms with Gasteiger partial charge in [0.25, 0.3) is 0 Å². The lowest BCUT2D eigenvalue weighted by Gasteiger charge is -2.09. The van der Waals surface area contributed by atoms with Crippen LogP contribution in [0.25, 0.3) is 0 Å². The third-order valence-corrected chi connectivity index (χ3v) is 3.27. The van der Waals surface area contributed by atoms with Crippen molar-refractivity contribution in [3.63, 3.8) is 0 Å². The van der Waals surface area contributed by atoms with Gasteiger partial charge in [-0.2, -0.15) is 0 Å². The number of thioether (sulfide) groups is 1. The van der Waals surface area contributed by atoms with Crippen molar-refractivity contribution >= 4 is 17.7 Å². The number of aryl methyl sites for hydroxylation is 1. The maximum Gasteiger partial charge on any atom is 0.230 e. The van der Waals surface area contributed by atoms with Crippen LogP contribution in [0.5, 0.6) is 0 Å². The normalized spacial score (nSPS) is 10.8. The molecule has 1 N–H and O–H groups in total. The minimum Gasteiger partial charge on any atom is -0.355 e. The van der Waals surface area contributed by atoms with E-state index in [1.807, 2.05) is 31.9 Å². The van der Waals surface area contributed by atoms with Crippen LogP contribution in [-0.2, 0) is 11.8 Å². The van der Waals surface area contributed by atoms with E-state index in [1.165, 1.54) is 11.8 Å². The van der Waals surface area contributed by atoms with Crippen molar-refractivity contribution in [2.75, 3.05) is 32.9 Å². The Hall–Kier alpha value is -1.01. The molecule has 0 atom stereocenters. The molecule has 1 rings (SSSR count). The summed E-state index contributed by atoms with van der Waals surface area (Å²) >= 11 is 1.46. The third-order valence-electron chi connectivity index (χ3n) is 2.21. The average Bonchev–Trinajstić information content (AvgIpc) is 2.67. The van der Waals surface area contributed by atoms with E-state index in [-0.39, 0.29) is 5.91 Å². The lowest BCUT2D eigenvalue weighted by molar-refractivity contribution is -0.118. The fourth-order valence-electron chi connectivity index (χ4n) is 1.30. The van der Waals surface area contributed by atoms with E-state index >= 15 is 0 Å². The number of carbonyl (C=O) groups is 1. The highest BCUT2D eigenvalue weighted by Crippen LogP contribution is 2.13. The molecule has 1 aromatic rings. The fraction of sp³-hybridized carbons (Fsp3) is 0.636. The summed E-state index contributed by atoms with van der Waals surface area (Å²) in [6.45, 7) is 1.73. The topological polar surface area (TPSA) is 50.2 Å². The molecule has 0 aliphatic rings. The van der Waals surface area contributed by atoms with E-state index in [4.69, 9.17) is 0 Å². The van der Waals surface area contributed by atoms with E-state index in [9.17, 15) is 4.79 Å². The fourth-order valence-corrected chi connectivity index (χ4v) is 2.06. The van der Waals surface area contributed by atoms with E-state index in [2.05, 4.69) is 15.2 Å². The summed E-state index contributed by atoms with van der Waals surface area (Å²) in [7, 11) is 5.97. The Morgan fingerprint density at radius 1 is 1.59 bits per heavy atom. The summed E-state index contributed by atoms with van der Waals surface area (Å²) in [6, 6.07) is 0. The van der Waals surface area contributed by atoms with Crippen molar-refractivity contribution in [3.05, 3.63) is 12.4 Å². The zero-order chi connectivity index (χ0) is 12.7. The molecule has 0 spiro atoms. The molecule has 0 saturated heterocycles. The highest BCUT2D eigenvalue weighted by atomic mass is 32.2. The van der Waals surface area contributed by atoms with E-state index in [1.54, 1.807) is 6.20 Å². The summed E-state index contributed by atoms with van der Waals surface area (Å²) in [5, 5.41) is 3.77. The third kappa shape index (κ3) is 5.74. The molecule has 0 fully saturated rings. The van der Waals surface area contributed by atoms with Crippen molar-refractivity contribution < 1.29 is 4.79 Å². The molecular weight excluding hydrogens is 236 g/mol. The van der Waals surface area contributed by atoms with Crippen LogP contribution in [0, 0.1) is 0 Å². The van der Waals surface area contributed by atoms with Gasteiger partial charge >= 0.3 is 0 Å². The molecule has 0 aliphatic heterocycles. The van der Waals surface area contributed by atoms with Crippen LogP contribution in [0.2, 0.25) is 0 Å². The number of hydrogen-bond acceptors (Lipinski definition) is 4. The predicted molar refractivity (Wildman–Crippen MR) is 70.1 cm³/mol. The summed E-state index contributed by atoms with van der Waals surface area (Å²) in [6.07, 6.45) is 4.58. The van der Waals surface area contributed by atoms with Gasteiger partial charge in [0, 0.05) is 26.0 Å². The molecule has 0 bridgehead atoms. The number of rotatable bonds is 7. The molecule has 1 heterocycles. The van der Waals surface area contributed by atoms with Gasteiger partial charge in [0.1, 0.15) is 0 Å². The maximum absolute atomic E-state index is 11.5. The summed E-state index contributed by atoms with van der Waals surface area (Å²) in [5.74, 6) is 0.490. The quantitative estimate of drug-likeness (QED) is 0.573. The first-order valence-corrected chi connectivity index (χ1v) is 6.59. The van der Waals surface area contributed by atoms with Crippen LogP contribution in [0.4, 0.5) is 0 Å². The van der Waals surface area contributed by atoms with Gasteiger partial charge in [-0.15, -0.1) is 0 Å². The first-order valence-electron chi connectivity index (χ1n) is 5.61. The van der Waals surface area contributed by atoms with Gasteiger partial charge in [0.2, 0.25) is 5.91 Å². The van der Waals surface area contributed by atoms with E-state index in [0.717, 1.165) is 24.7 Å². The molecule has 0 radical (unpaired) electrons. The molecule has 17 heavy (non-hydrogen) atoms. The second-order valence-electron chi connectivity index (χ2n) is 4.12. The lowest BCUT2D eigenvalue weighted by atomic mass is 10.4. The minimum atomic E-state index is 0.0664. The van der Waals surface area contributed by atoms with Crippen LogP contribution in [-0.4, -0.2) is 53.3 Å². The lowest BCUT2D eigenvalue weighted by Crippen LogP contribution is -2.28. The molecule has 1 aromatic heterocycles. The minimum absolute atomic E-state index is 0.0664. The largest absolute Gasteiger partial charge is 0.355 e. The van der Waals surface area contributed by atoms with E-state index in [0.29, 0.717) is 5.75 Å². The first kappa shape index (κ1) is 14.1. The number of nitrogens with one attached hydrogen (secondary N) is 1. The van der Waals surface area contributed by atoms with Crippen LogP contribution >= 0.6 is 11.8 Å². The second kappa shape index (κ2) is 7.34. The van der Waals surface area contributed by atoms with Crippen LogP contribution in [0.3, 0.4) is 0 Å². The van der Waals surface area contributed by atoms with E-state index < -0.39 is 0 Å². The van der Waals surface area contributed by atoms with Crippen LogP contribution < -0.4 is 5.32 Å². The zero-order valence-corrected chi connectivity index (χ0v) is 11.5. The molecule has 1 amide bonds. The standard InChI is InChI=1S/C11H20N4OS/c1-14(2)7-4-5-12-10(16)9-17-11-13-6-8-15(11)3/h6,8H,4-5,7,9H2,1-3H3,(H,12,16). The average molecular weight is 256 g/mol. The molecule has 0 unspecified atom stereocenters. The zero-order valence-electron chi connectivity index (χ0n) is 10.6. The molecule has 96 valence electrons. The number of carbonyl (C=O) groups excluding carboxylic acids is 1. The van der Waals surface area contributed by atoms with Crippen molar-refractivity contribution in [1.29, 1.82) is 0 Å². The van der Waals surface area contributed by atoms with Crippen LogP contribution in [0.15, 0.2) is 17.6 Å². The number of hydrogen-bond donors (Lipinski definition) is 1. The molecule has 6 heteroatoms. The van der Waals surface area contributed by atoms with Gasteiger partial charge in [0.15, 0.2) is 5.16 Å². The molecule has 0 saturated carbocycles. The molecular formula is C11H20N4OS. The van der Waals surface area contributed by atoms with Crippen LogP contribution in [0.1, 0.15) is 6.42 Å². The van der Waals surface area contributed by atoms with Gasteiger partial charge in [-0.3, -0.25) is 4.79 Å². The summed E-state index contributed by atoms with van der Waals surface area (Å²) in [4.78, 5) is 17.8. The highest BCUT2D eigenvalue weighted by molar-refractivity contribution is 7.99. The number of nitrogens with zero attached hydrogens (tertiary/aromatic N) is 3. The molecule has 0 aliphatic carbocycles. The smallest absolute Gasteiger partial charge is 0.230 e. The number of aromatic nitrogens is 2. The Kier molecular flexibility index (Phi) is 6.07. The number of amides is 1. The van der Waals surface area contributed by atoms with Crippen molar-refractivity contribution in [2.45, 2.75) is 11.6 Å². The van der Waals surface area contributed by atoms with Gasteiger partial charge < -0.3 is 14.8 Å². The monoisotopic (exact) mass is 256 g/mol. The van der Waals surface area contributed by atoms with Gasteiger partial charge in [0.05, 0.1) is 5.75 Å². The summed E-state index contributed by atoms with van der Waals surface area (Å²) < 4.78 is 1.91. The molecule has 5 nitrogen and oxygen atoms in total. The summed E-state index contributed by atoms with van der Waals surface area (Å²) in [5.41, 5.74) is 0. The Labute approximate surface area is 107 Å². The van der Waals surface area contributed by atoms with Crippen molar-refractivity contribution in [2.24, 2.45) is 7.05 Å². The Bertz CT molecular complexity index is 351. The van der Waals surface area contributed by atoms with Gasteiger partial charge in [-0.25, -0.2) is 4.98 Å². The first-order chi connectivity index (χ1) is 8.09. The van der Waals surface area contributed by atoms with Gasteiger partial charge in [-0.1, -0.05) is 11.8 Å².